The lowest BCUT2D eigenvalue weighted by Crippen LogP contribution is -2.17. The minimum Gasteiger partial charge on any atom is -0.385 e. The molecule has 2 unspecified atom stereocenters. The van der Waals surface area contributed by atoms with Crippen LogP contribution in [0.25, 0.3) is 0 Å². The van der Waals surface area contributed by atoms with Crippen molar-refractivity contribution in [2.45, 2.75) is 18.4 Å². The van der Waals surface area contributed by atoms with Gasteiger partial charge in [-0.1, -0.05) is 6.07 Å². The number of aliphatic hydroxyl groups is 2. The Morgan fingerprint density at radius 2 is 1.78 bits per heavy atom. The second kappa shape index (κ2) is 5.05. The quantitative estimate of drug-likeness (QED) is 0.785. The molecule has 94 valence electrons. The summed E-state index contributed by atoms with van der Waals surface area (Å²) < 4.78 is 37.8. The Balaban J connectivity index is 3.29. The van der Waals surface area contributed by atoms with Crippen molar-refractivity contribution >= 4 is 0 Å². The van der Waals surface area contributed by atoms with Gasteiger partial charge in [-0.15, -0.1) is 0 Å². The normalized spacial score (nSPS) is 14.4. The van der Waals surface area contributed by atoms with Crippen LogP contribution in [0.5, 0.6) is 0 Å². The van der Waals surface area contributed by atoms with Gasteiger partial charge in [-0.3, -0.25) is 0 Å². The summed E-state index contributed by atoms with van der Waals surface area (Å²) in [5.41, 5.74) is -2.09. The van der Waals surface area contributed by atoms with Crippen LogP contribution in [0.2, 0.25) is 0 Å². The van der Waals surface area contributed by atoms with Crippen molar-refractivity contribution in [2.75, 3.05) is 0 Å². The van der Waals surface area contributed by atoms with Crippen LogP contribution in [0, 0.1) is 22.7 Å². The molecule has 0 saturated heterocycles. The van der Waals surface area contributed by atoms with Crippen LogP contribution < -0.4 is 0 Å². The molecule has 18 heavy (non-hydrogen) atoms. The van der Waals surface area contributed by atoms with E-state index in [9.17, 15) is 18.3 Å². The van der Waals surface area contributed by atoms with Gasteiger partial charge in [-0.25, -0.2) is 0 Å². The van der Waals surface area contributed by atoms with E-state index in [0.717, 1.165) is 12.1 Å². The van der Waals surface area contributed by atoms with E-state index in [1.54, 1.807) is 0 Å². The van der Waals surface area contributed by atoms with Gasteiger partial charge in [-0.2, -0.15) is 23.7 Å². The maximum absolute atomic E-state index is 12.6. The summed E-state index contributed by atoms with van der Waals surface area (Å²) >= 11 is 0. The standard InChI is InChI=1S/C11H7F3N2O2/c12-11(13,14)8-3-6(1-2-7(8)4-15)10(18)9(17)5-16/h1-3,9-10,17-18H. The molecular weight excluding hydrogens is 249 g/mol. The van der Waals surface area contributed by atoms with Crippen molar-refractivity contribution in [3.05, 3.63) is 34.9 Å². The number of aliphatic hydroxyl groups excluding tert-OH is 2. The zero-order valence-corrected chi connectivity index (χ0v) is 8.81. The molecule has 4 nitrogen and oxygen atoms in total. The molecule has 7 heteroatoms. The van der Waals surface area contributed by atoms with Gasteiger partial charge in [0.2, 0.25) is 0 Å². The minimum atomic E-state index is -4.75. The largest absolute Gasteiger partial charge is 0.417 e. The molecule has 0 aromatic heterocycles. The van der Waals surface area contributed by atoms with Crippen molar-refractivity contribution in [1.29, 1.82) is 10.5 Å². The molecule has 0 amide bonds. The van der Waals surface area contributed by atoms with Crippen LogP contribution in [0.4, 0.5) is 13.2 Å². The van der Waals surface area contributed by atoms with Gasteiger partial charge in [0.15, 0.2) is 6.10 Å². The second-order valence-corrected chi connectivity index (χ2v) is 3.43. The van der Waals surface area contributed by atoms with Gasteiger partial charge in [0.05, 0.1) is 23.3 Å². The zero-order chi connectivity index (χ0) is 13.9. The van der Waals surface area contributed by atoms with E-state index in [4.69, 9.17) is 15.6 Å². The molecule has 0 fully saturated rings. The van der Waals surface area contributed by atoms with Crippen molar-refractivity contribution in [2.24, 2.45) is 0 Å². The lowest BCUT2D eigenvalue weighted by atomic mass is 9.99. The molecule has 2 N–H and O–H groups in total. The van der Waals surface area contributed by atoms with Gasteiger partial charge in [0, 0.05) is 0 Å². The smallest absolute Gasteiger partial charge is 0.385 e. The number of hydrogen-bond donors (Lipinski definition) is 2. The predicted molar refractivity (Wildman–Crippen MR) is 52.7 cm³/mol. The number of nitriles is 2. The Kier molecular flexibility index (Phi) is 3.92. The number of rotatable bonds is 2. The Morgan fingerprint density at radius 3 is 2.22 bits per heavy atom. The highest BCUT2D eigenvalue weighted by Gasteiger charge is 2.34. The van der Waals surface area contributed by atoms with E-state index in [2.05, 4.69) is 0 Å². The molecule has 0 aliphatic carbocycles. The number of alkyl halides is 3. The monoisotopic (exact) mass is 256 g/mol. The third kappa shape index (κ3) is 2.77. The van der Waals surface area contributed by atoms with E-state index < -0.39 is 29.5 Å². The Hall–Kier alpha value is -2.09. The van der Waals surface area contributed by atoms with Gasteiger partial charge in [0.1, 0.15) is 6.10 Å². The Morgan fingerprint density at radius 1 is 1.17 bits per heavy atom. The van der Waals surface area contributed by atoms with E-state index in [1.807, 2.05) is 0 Å². The summed E-state index contributed by atoms with van der Waals surface area (Å²) in [6.45, 7) is 0. The van der Waals surface area contributed by atoms with Crippen LogP contribution in [0.1, 0.15) is 22.8 Å². The highest BCUT2D eigenvalue weighted by Crippen LogP contribution is 2.33. The van der Waals surface area contributed by atoms with Gasteiger partial charge in [-0.05, 0) is 17.7 Å². The molecule has 0 radical (unpaired) electrons. The summed E-state index contributed by atoms with van der Waals surface area (Å²) in [4.78, 5) is 0. The first kappa shape index (κ1) is 14.0. The molecule has 1 rings (SSSR count). The van der Waals surface area contributed by atoms with Crippen LogP contribution in [0.3, 0.4) is 0 Å². The summed E-state index contributed by atoms with van der Waals surface area (Å²) in [6.07, 6.45) is -8.35. The second-order valence-electron chi connectivity index (χ2n) is 3.43. The SMILES string of the molecule is N#Cc1ccc(C(O)C(O)C#N)cc1C(F)(F)F. The fourth-order valence-corrected chi connectivity index (χ4v) is 1.33. The first-order valence-electron chi connectivity index (χ1n) is 4.68. The molecular formula is C11H7F3N2O2. The fourth-order valence-electron chi connectivity index (χ4n) is 1.33. The number of nitrogens with zero attached hydrogens (tertiary/aromatic N) is 2. The molecule has 2 atom stereocenters. The van der Waals surface area contributed by atoms with Crippen LogP contribution >= 0.6 is 0 Å². The van der Waals surface area contributed by atoms with Crippen LogP contribution in [-0.4, -0.2) is 16.3 Å². The van der Waals surface area contributed by atoms with Crippen molar-refractivity contribution in [3.63, 3.8) is 0 Å². The van der Waals surface area contributed by atoms with Crippen LogP contribution in [-0.2, 0) is 6.18 Å². The van der Waals surface area contributed by atoms with E-state index in [1.165, 1.54) is 12.1 Å². The Labute approximate surface area is 100 Å². The highest BCUT2D eigenvalue weighted by molar-refractivity contribution is 5.43. The molecule has 0 bridgehead atoms. The number of benzene rings is 1. The molecule has 0 spiro atoms. The number of hydrogen-bond acceptors (Lipinski definition) is 4. The summed E-state index contributed by atoms with van der Waals surface area (Å²) in [6, 6.07) is 5.17. The molecule has 0 heterocycles. The lowest BCUT2D eigenvalue weighted by molar-refractivity contribution is -0.137. The fraction of sp³-hybridized carbons (Fsp3) is 0.273. The van der Waals surface area contributed by atoms with E-state index in [-0.39, 0.29) is 5.56 Å². The van der Waals surface area contributed by atoms with Gasteiger partial charge >= 0.3 is 6.18 Å². The average Bonchev–Trinajstić information content (AvgIpc) is 2.35. The molecule has 0 aliphatic heterocycles. The van der Waals surface area contributed by atoms with Crippen molar-refractivity contribution in [3.8, 4) is 12.1 Å². The minimum absolute atomic E-state index is 0.282. The maximum Gasteiger partial charge on any atom is 0.417 e. The summed E-state index contributed by atoms with van der Waals surface area (Å²) in [5, 5.41) is 35.4. The van der Waals surface area contributed by atoms with E-state index in [0.29, 0.717) is 6.07 Å². The van der Waals surface area contributed by atoms with Crippen LogP contribution in [0.15, 0.2) is 18.2 Å². The summed E-state index contributed by atoms with van der Waals surface area (Å²) in [7, 11) is 0. The zero-order valence-electron chi connectivity index (χ0n) is 8.81. The molecule has 1 aromatic carbocycles. The maximum atomic E-state index is 12.6. The van der Waals surface area contributed by atoms with Crippen molar-refractivity contribution in [1.82, 2.24) is 0 Å². The average molecular weight is 256 g/mol. The predicted octanol–water partition coefficient (Wildman–Crippen LogP) is 1.49. The third-order valence-corrected chi connectivity index (χ3v) is 2.24. The molecule has 0 aliphatic rings. The van der Waals surface area contributed by atoms with Gasteiger partial charge in [0.25, 0.3) is 0 Å². The Bertz CT molecular complexity index is 529. The summed E-state index contributed by atoms with van der Waals surface area (Å²) in [5.74, 6) is 0. The topological polar surface area (TPSA) is 88.0 Å². The third-order valence-electron chi connectivity index (χ3n) is 2.24. The molecule has 1 aromatic rings. The highest BCUT2D eigenvalue weighted by atomic mass is 19.4. The van der Waals surface area contributed by atoms with Gasteiger partial charge < -0.3 is 10.2 Å². The first-order valence-corrected chi connectivity index (χ1v) is 4.68. The lowest BCUT2D eigenvalue weighted by Gasteiger charge is -2.15. The molecule has 0 saturated carbocycles. The van der Waals surface area contributed by atoms with E-state index >= 15 is 0 Å². The first-order chi connectivity index (χ1) is 8.31. The van der Waals surface area contributed by atoms with Crippen molar-refractivity contribution < 1.29 is 23.4 Å². The number of halogens is 3.